The van der Waals surface area contributed by atoms with E-state index in [-0.39, 0.29) is 12.6 Å². The van der Waals surface area contributed by atoms with E-state index in [1.165, 1.54) is 0 Å². The maximum atomic E-state index is 9.02. The van der Waals surface area contributed by atoms with E-state index in [4.69, 9.17) is 33.0 Å². The lowest BCUT2D eigenvalue weighted by molar-refractivity contribution is 0.281. The molecule has 4 nitrogen and oxygen atoms in total. The van der Waals surface area contributed by atoms with Crippen LogP contribution in [-0.4, -0.2) is 22.7 Å². The van der Waals surface area contributed by atoms with E-state index in [0.717, 1.165) is 5.75 Å². The molecule has 0 radical (unpaired) electrons. The van der Waals surface area contributed by atoms with Gasteiger partial charge in [0.25, 0.3) is 0 Å². The molecule has 21 heavy (non-hydrogen) atoms. The summed E-state index contributed by atoms with van der Waals surface area (Å²) >= 11 is 11.9. The van der Waals surface area contributed by atoms with Crippen LogP contribution in [0.15, 0.2) is 36.5 Å². The molecular weight excluding hydrogens is 311 g/mol. The molecule has 0 aliphatic heterocycles. The van der Waals surface area contributed by atoms with Gasteiger partial charge >= 0.3 is 0 Å². The minimum Gasteiger partial charge on any atom is -0.491 e. The Balaban J connectivity index is 1.89. The number of hydrogen-bond donors (Lipinski definition) is 2. The number of hydrogen-bond acceptors (Lipinski definition) is 4. The molecule has 2 rings (SSSR count). The fourth-order valence-electron chi connectivity index (χ4n) is 1.70. The summed E-state index contributed by atoms with van der Waals surface area (Å²) in [7, 11) is 0. The molecule has 0 bridgehead atoms. The lowest BCUT2D eigenvalue weighted by Crippen LogP contribution is -2.24. The fraction of sp³-hybridized carbons (Fsp3) is 0.267. The molecular formula is C15H16Cl2N2O2. The zero-order chi connectivity index (χ0) is 15.2. The number of ether oxygens (including phenoxy) is 1. The minimum atomic E-state index is -0.0811. The summed E-state index contributed by atoms with van der Waals surface area (Å²) in [4.78, 5) is 4.18. The van der Waals surface area contributed by atoms with Crippen LogP contribution in [0.2, 0.25) is 10.0 Å². The molecule has 112 valence electrons. The average molecular weight is 327 g/mol. The van der Waals surface area contributed by atoms with Crippen molar-refractivity contribution in [2.45, 2.75) is 19.6 Å². The molecule has 0 amide bonds. The highest BCUT2D eigenvalue weighted by atomic mass is 35.5. The van der Waals surface area contributed by atoms with Crippen molar-refractivity contribution in [1.82, 2.24) is 4.98 Å². The molecule has 1 aromatic heterocycles. The molecule has 6 heteroatoms. The molecule has 1 aromatic carbocycles. The van der Waals surface area contributed by atoms with Crippen molar-refractivity contribution in [2.24, 2.45) is 0 Å². The Morgan fingerprint density at radius 2 is 2.00 bits per heavy atom. The Kier molecular flexibility index (Phi) is 5.67. The molecule has 2 aromatic rings. The maximum Gasteiger partial charge on any atom is 0.145 e. The summed E-state index contributed by atoms with van der Waals surface area (Å²) in [5.41, 5.74) is 0.676. The van der Waals surface area contributed by atoms with Crippen LogP contribution in [0.5, 0.6) is 5.75 Å². The van der Waals surface area contributed by atoms with Crippen molar-refractivity contribution >= 4 is 29.0 Å². The van der Waals surface area contributed by atoms with Gasteiger partial charge in [0.1, 0.15) is 18.2 Å². The predicted octanol–water partition coefficient (Wildman–Crippen LogP) is 3.76. The number of rotatable bonds is 6. The molecule has 0 saturated carbocycles. The van der Waals surface area contributed by atoms with E-state index < -0.39 is 0 Å². The number of nitrogens with zero attached hydrogens (tertiary/aromatic N) is 1. The highest BCUT2D eigenvalue weighted by Crippen LogP contribution is 2.21. The van der Waals surface area contributed by atoms with Crippen molar-refractivity contribution in [1.29, 1.82) is 0 Å². The smallest absolute Gasteiger partial charge is 0.145 e. The third-order valence-electron chi connectivity index (χ3n) is 2.78. The predicted molar refractivity (Wildman–Crippen MR) is 85.2 cm³/mol. The van der Waals surface area contributed by atoms with Crippen molar-refractivity contribution in [3.63, 3.8) is 0 Å². The second-order valence-electron chi connectivity index (χ2n) is 4.64. The highest BCUT2D eigenvalue weighted by Gasteiger charge is 2.08. The summed E-state index contributed by atoms with van der Waals surface area (Å²) in [5, 5.41) is 13.3. The van der Waals surface area contributed by atoms with E-state index in [0.29, 0.717) is 28.0 Å². The number of anilines is 1. The first-order valence-corrected chi connectivity index (χ1v) is 7.24. The van der Waals surface area contributed by atoms with E-state index >= 15 is 0 Å². The van der Waals surface area contributed by atoms with Crippen LogP contribution in [0.3, 0.4) is 0 Å². The van der Waals surface area contributed by atoms with Gasteiger partial charge in [-0.25, -0.2) is 4.98 Å². The van der Waals surface area contributed by atoms with E-state index in [1.807, 2.05) is 19.1 Å². The number of nitrogens with one attached hydrogen (secondary N) is 1. The fourth-order valence-corrected chi connectivity index (χ4v) is 2.07. The number of aliphatic hydroxyl groups is 1. The first-order valence-electron chi connectivity index (χ1n) is 6.48. The second kappa shape index (κ2) is 7.50. The van der Waals surface area contributed by atoms with E-state index in [2.05, 4.69) is 10.3 Å². The molecule has 2 N–H and O–H groups in total. The Bertz CT molecular complexity index is 591. The summed E-state index contributed by atoms with van der Waals surface area (Å²) < 4.78 is 5.65. The number of pyridine rings is 1. The van der Waals surface area contributed by atoms with Crippen LogP contribution in [0.25, 0.3) is 0 Å². The molecule has 0 saturated heterocycles. The number of benzene rings is 1. The van der Waals surface area contributed by atoms with Crippen LogP contribution in [0, 0.1) is 0 Å². The van der Waals surface area contributed by atoms with Crippen LogP contribution in [-0.2, 0) is 6.61 Å². The summed E-state index contributed by atoms with van der Waals surface area (Å²) in [6, 6.07) is 8.89. The molecule has 1 atom stereocenters. The first kappa shape index (κ1) is 15.9. The monoisotopic (exact) mass is 326 g/mol. The van der Waals surface area contributed by atoms with Gasteiger partial charge in [-0.1, -0.05) is 23.2 Å². The molecule has 0 aliphatic rings. The summed E-state index contributed by atoms with van der Waals surface area (Å²) in [6.07, 6.45) is 1.58. The topological polar surface area (TPSA) is 54.4 Å². The van der Waals surface area contributed by atoms with Gasteiger partial charge in [-0.3, -0.25) is 0 Å². The van der Waals surface area contributed by atoms with Gasteiger partial charge in [0.05, 0.1) is 17.7 Å². The standard InChI is InChI=1S/C15H16Cl2N2O2/c1-10(9-21-13-4-2-12(16)3-5-13)19-15-14(17)6-11(8-20)7-18-15/h2-7,10,20H,8-9H2,1H3,(H,18,19)/t10-/m1/s1. The van der Waals surface area contributed by atoms with Crippen LogP contribution in [0.1, 0.15) is 12.5 Å². The van der Waals surface area contributed by atoms with Gasteiger partial charge in [0.2, 0.25) is 0 Å². The van der Waals surface area contributed by atoms with Gasteiger partial charge in [-0.15, -0.1) is 0 Å². The van der Waals surface area contributed by atoms with Crippen molar-refractivity contribution in [2.75, 3.05) is 11.9 Å². The SMILES string of the molecule is C[C@H](COc1ccc(Cl)cc1)Nc1ncc(CO)cc1Cl. The zero-order valence-corrected chi connectivity index (χ0v) is 13.0. The van der Waals surface area contributed by atoms with Gasteiger partial charge in [-0.05, 0) is 42.8 Å². The Morgan fingerprint density at radius 3 is 2.62 bits per heavy atom. The lowest BCUT2D eigenvalue weighted by atomic mass is 10.3. The van der Waals surface area contributed by atoms with E-state index in [1.54, 1.807) is 24.4 Å². The zero-order valence-electron chi connectivity index (χ0n) is 11.5. The Morgan fingerprint density at radius 1 is 1.29 bits per heavy atom. The van der Waals surface area contributed by atoms with Gasteiger partial charge < -0.3 is 15.2 Å². The third kappa shape index (κ3) is 4.77. The first-order chi connectivity index (χ1) is 10.1. The molecule has 1 heterocycles. The summed E-state index contributed by atoms with van der Waals surface area (Å²) in [6.45, 7) is 2.34. The Hall–Kier alpha value is -1.49. The van der Waals surface area contributed by atoms with Crippen molar-refractivity contribution < 1.29 is 9.84 Å². The second-order valence-corrected chi connectivity index (χ2v) is 5.49. The molecule has 0 spiro atoms. The average Bonchev–Trinajstić information content (AvgIpc) is 2.48. The summed E-state index contributed by atoms with van der Waals surface area (Å²) in [5.74, 6) is 1.32. The van der Waals surface area contributed by atoms with Gasteiger partial charge in [-0.2, -0.15) is 0 Å². The van der Waals surface area contributed by atoms with Crippen LogP contribution in [0.4, 0.5) is 5.82 Å². The van der Waals surface area contributed by atoms with Crippen LogP contribution < -0.4 is 10.1 Å². The van der Waals surface area contributed by atoms with Gasteiger partial charge in [0.15, 0.2) is 0 Å². The highest BCUT2D eigenvalue weighted by molar-refractivity contribution is 6.33. The van der Waals surface area contributed by atoms with Crippen molar-refractivity contribution in [3.05, 3.63) is 52.1 Å². The number of aliphatic hydroxyl groups excluding tert-OH is 1. The number of aromatic nitrogens is 1. The molecule has 0 aliphatic carbocycles. The third-order valence-corrected chi connectivity index (χ3v) is 3.32. The Labute approximate surface area is 133 Å². The quantitative estimate of drug-likeness (QED) is 0.848. The molecule has 0 fully saturated rings. The lowest BCUT2D eigenvalue weighted by Gasteiger charge is -2.16. The minimum absolute atomic E-state index is 0.0191. The number of halogens is 2. The normalized spacial score (nSPS) is 12.0. The van der Waals surface area contributed by atoms with Gasteiger partial charge in [0, 0.05) is 11.2 Å². The maximum absolute atomic E-state index is 9.02. The molecule has 0 unspecified atom stereocenters. The van der Waals surface area contributed by atoms with Crippen LogP contribution >= 0.6 is 23.2 Å². The largest absolute Gasteiger partial charge is 0.491 e. The van der Waals surface area contributed by atoms with Crippen molar-refractivity contribution in [3.8, 4) is 5.75 Å². The van der Waals surface area contributed by atoms with E-state index in [9.17, 15) is 0 Å².